The fourth-order valence-corrected chi connectivity index (χ4v) is 2.14. The maximum absolute atomic E-state index is 12.1. The number of hydrogen-bond acceptors (Lipinski definition) is 2. The Balaban J connectivity index is 2.66. The molecule has 102 valence electrons. The standard InChI is InChI=1S/C15H17Cl2NO/c1-3-9-18(10-4-2)11-8-14(19)12-6-5-7-13(16)15(12)17/h3-7H,1-2,8-11H2. The molecule has 2 nitrogen and oxygen atoms in total. The molecule has 0 aromatic heterocycles. The van der Waals surface area contributed by atoms with Crippen molar-refractivity contribution in [3.05, 3.63) is 59.1 Å². The maximum atomic E-state index is 12.1. The van der Waals surface area contributed by atoms with E-state index in [9.17, 15) is 4.79 Å². The molecule has 4 heteroatoms. The lowest BCUT2D eigenvalue weighted by atomic mass is 10.1. The highest BCUT2D eigenvalue weighted by Gasteiger charge is 2.13. The van der Waals surface area contributed by atoms with Crippen LogP contribution in [0, 0.1) is 0 Å². The van der Waals surface area contributed by atoms with Crippen molar-refractivity contribution in [1.29, 1.82) is 0 Å². The molecule has 0 aliphatic heterocycles. The predicted molar refractivity (Wildman–Crippen MR) is 82.2 cm³/mol. The summed E-state index contributed by atoms with van der Waals surface area (Å²) >= 11 is 11.9. The van der Waals surface area contributed by atoms with Crippen molar-refractivity contribution in [1.82, 2.24) is 4.90 Å². The van der Waals surface area contributed by atoms with Crippen molar-refractivity contribution >= 4 is 29.0 Å². The van der Waals surface area contributed by atoms with Gasteiger partial charge < -0.3 is 0 Å². The molecule has 0 aliphatic rings. The molecule has 0 fully saturated rings. The van der Waals surface area contributed by atoms with E-state index in [1.165, 1.54) is 0 Å². The van der Waals surface area contributed by atoms with Gasteiger partial charge in [-0.2, -0.15) is 0 Å². The summed E-state index contributed by atoms with van der Waals surface area (Å²) in [6.07, 6.45) is 4.00. The number of halogens is 2. The number of carbonyl (C=O) groups is 1. The van der Waals surface area contributed by atoms with E-state index in [4.69, 9.17) is 23.2 Å². The van der Waals surface area contributed by atoms with E-state index in [1.54, 1.807) is 30.4 Å². The molecule has 1 rings (SSSR count). The van der Waals surface area contributed by atoms with Gasteiger partial charge in [-0.1, -0.05) is 41.4 Å². The highest BCUT2D eigenvalue weighted by molar-refractivity contribution is 6.43. The number of Topliss-reactive ketones (excluding diaryl/α,β-unsaturated/α-hetero) is 1. The first-order valence-corrected chi connectivity index (χ1v) is 6.77. The molecule has 1 aromatic rings. The average molecular weight is 298 g/mol. The lowest BCUT2D eigenvalue weighted by Crippen LogP contribution is -2.26. The maximum Gasteiger partial charge on any atom is 0.165 e. The normalized spacial score (nSPS) is 10.5. The van der Waals surface area contributed by atoms with E-state index in [2.05, 4.69) is 18.1 Å². The van der Waals surface area contributed by atoms with Crippen LogP contribution in [0.15, 0.2) is 43.5 Å². The average Bonchev–Trinajstić information content (AvgIpc) is 2.39. The van der Waals surface area contributed by atoms with Gasteiger partial charge in [0, 0.05) is 31.6 Å². The van der Waals surface area contributed by atoms with Gasteiger partial charge in [-0.3, -0.25) is 9.69 Å². The van der Waals surface area contributed by atoms with Crippen LogP contribution in [0.5, 0.6) is 0 Å². The highest BCUT2D eigenvalue weighted by Crippen LogP contribution is 2.26. The Hall–Kier alpha value is -1.09. The fourth-order valence-electron chi connectivity index (χ4n) is 1.74. The van der Waals surface area contributed by atoms with E-state index >= 15 is 0 Å². The van der Waals surface area contributed by atoms with Crippen LogP contribution in [0.3, 0.4) is 0 Å². The molecule has 1 aromatic carbocycles. The Morgan fingerprint density at radius 2 is 1.84 bits per heavy atom. The van der Waals surface area contributed by atoms with Crippen molar-refractivity contribution in [3.63, 3.8) is 0 Å². The Kier molecular flexibility index (Phi) is 6.85. The lowest BCUT2D eigenvalue weighted by molar-refractivity contribution is 0.0969. The molecule has 0 spiro atoms. The summed E-state index contributed by atoms with van der Waals surface area (Å²) in [5.41, 5.74) is 0.478. The molecule has 0 atom stereocenters. The van der Waals surface area contributed by atoms with Gasteiger partial charge >= 0.3 is 0 Å². The van der Waals surface area contributed by atoms with Crippen LogP contribution in [0.25, 0.3) is 0 Å². The number of carbonyl (C=O) groups excluding carboxylic acids is 1. The Labute approximate surface area is 124 Å². The van der Waals surface area contributed by atoms with Crippen molar-refractivity contribution in [3.8, 4) is 0 Å². The molecular formula is C15H17Cl2NO. The summed E-state index contributed by atoms with van der Waals surface area (Å²) in [5, 5.41) is 0.731. The molecule has 0 saturated carbocycles. The van der Waals surface area contributed by atoms with Crippen LogP contribution in [0.4, 0.5) is 0 Å². The van der Waals surface area contributed by atoms with E-state index < -0.39 is 0 Å². The molecule has 0 saturated heterocycles. The Morgan fingerprint density at radius 3 is 2.42 bits per heavy atom. The molecular weight excluding hydrogens is 281 g/mol. The Morgan fingerprint density at radius 1 is 1.21 bits per heavy atom. The first-order valence-electron chi connectivity index (χ1n) is 6.01. The second kappa shape index (κ2) is 8.16. The summed E-state index contributed by atoms with van der Waals surface area (Å²) in [6.45, 7) is 9.48. The molecule has 0 heterocycles. The summed E-state index contributed by atoms with van der Waals surface area (Å²) in [6, 6.07) is 5.09. The second-order valence-electron chi connectivity index (χ2n) is 4.11. The summed E-state index contributed by atoms with van der Waals surface area (Å²) in [7, 11) is 0. The van der Waals surface area contributed by atoms with Gasteiger partial charge in [-0.15, -0.1) is 13.2 Å². The minimum absolute atomic E-state index is 0.00868. The minimum atomic E-state index is -0.00868. The van der Waals surface area contributed by atoms with Gasteiger partial charge in [0.2, 0.25) is 0 Å². The summed E-state index contributed by atoms with van der Waals surface area (Å²) in [4.78, 5) is 14.2. The SMILES string of the molecule is C=CCN(CC=C)CCC(=O)c1cccc(Cl)c1Cl. The second-order valence-corrected chi connectivity index (χ2v) is 4.90. The highest BCUT2D eigenvalue weighted by atomic mass is 35.5. The monoisotopic (exact) mass is 297 g/mol. The first kappa shape index (κ1) is 16.0. The van der Waals surface area contributed by atoms with Gasteiger partial charge in [-0.25, -0.2) is 0 Å². The number of nitrogens with zero attached hydrogens (tertiary/aromatic N) is 1. The topological polar surface area (TPSA) is 20.3 Å². The third-order valence-corrected chi connectivity index (χ3v) is 3.50. The zero-order valence-corrected chi connectivity index (χ0v) is 12.3. The molecule has 0 amide bonds. The third kappa shape index (κ3) is 4.83. The van der Waals surface area contributed by atoms with Crippen molar-refractivity contribution in [2.75, 3.05) is 19.6 Å². The van der Waals surface area contributed by atoms with Crippen molar-refractivity contribution in [2.24, 2.45) is 0 Å². The molecule has 0 N–H and O–H groups in total. The van der Waals surface area contributed by atoms with Crippen molar-refractivity contribution < 1.29 is 4.79 Å². The fraction of sp³-hybridized carbons (Fsp3) is 0.267. The quantitative estimate of drug-likeness (QED) is 0.528. The predicted octanol–water partition coefficient (Wildman–Crippen LogP) is 4.24. The first-order chi connectivity index (χ1) is 9.10. The van der Waals surface area contributed by atoms with E-state index in [1.807, 2.05) is 0 Å². The summed E-state index contributed by atoms with van der Waals surface area (Å²) < 4.78 is 0. The van der Waals surface area contributed by atoms with E-state index in [0.29, 0.717) is 28.6 Å². The van der Waals surface area contributed by atoms with E-state index in [-0.39, 0.29) is 5.78 Å². The Bertz CT molecular complexity index is 461. The van der Waals surface area contributed by atoms with Gasteiger partial charge in [0.1, 0.15) is 0 Å². The lowest BCUT2D eigenvalue weighted by Gasteiger charge is -2.18. The van der Waals surface area contributed by atoms with Crippen molar-refractivity contribution in [2.45, 2.75) is 6.42 Å². The minimum Gasteiger partial charge on any atom is -0.296 e. The van der Waals surface area contributed by atoms with Gasteiger partial charge in [0.05, 0.1) is 10.0 Å². The number of ketones is 1. The molecule has 19 heavy (non-hydrogen) atoms. The van der Waals surface area contributed by atoms with Gasteiger partial charge in [0.15, 0.2) is 5.78 Å². The van der Waals surface area contributed by atoms with Crippen LogP contribution in [-0.2, 0) is 0 Å². The largest absolute Gasteiger partial charge is 0.296 e. The molecule has 0 unspecified atom stereocenters. The summed E-state index contributed by atoms with van der Waals surface area (Å²) in [5.74, 6) is -0.00868. The van der Waals surface area contributed by atoms with Crippen LogP contribution in [0.1, 0.15) is 16.8 Å². The van der Waals surface area contributed by atoms with Crippen LogP contribution in [0.2, 0.25) is 10.0 Å². The van der Waals surface area contributed by atoms with Gasteiger partial charge in [0.25, 0.3) is 0 Å². The zero-order valence-electron chi connectivity index (χ0n) is 10.7. The smallest absolute Gasteiger partial charge is 0.165 e. The van der Waals surface area contributed by atoms with E-state index in [0.717, 1.165) is 13.1 Å². The zero-order chi connectivity index (χ0) is 14.3. The number of hydrogen-bond donors (Lipinski definition) is 0. The van der Waals surface area contributed by atoms with Gasteiger partial charge in [-0.05, 0) is 12.1 Å². The number of benzene rings is 1. The number of rotatable bonds is 8. The van der Waals surface area contributed by atoms with Crippen LogP contribution in [-0.4, -0.2) is 30.3 Å². The molecule has 0 radical (unpaired) electrons. The molecule has 0 bridgehead atoms. The van der Waals surface area contributed by atoms with Crippen LogP contribution >= 0.6 is 23.2 Å². The van der Waals surface area contributed by atoms with Crippen LogP contribution < -0.4 is 0 Å². The molecule has 0 aliphatic carbocycles. The third-order valence-electron chi connectivity index (χ3n) is 2.68.